The number of guanidine groups is 1. The van der Waals surface area contributed by atoms with Gasteiger partial charge < -0.3 is 20.3 Å². The fraction of sp³-hybridized carbons (Fsp3) is 0.950. The molecular formula is C20H40N4O. The van der Waals surface area contributed by atoms with Crippen LogP contribution < -0.4 is 10.6 Å². The summed E-state index contributed by atoms with van der Waals surface area (Å²) in [5.41, 5.74) is 0.191. The summed E-state index contributed by atoms with van der Waals surface area (Å²) in [5, 5.41) is 7.00. The molecule has 5 nitrogen and oxygen atoms in total. The van der Waals surface area contributed by atoms with Gasteiger partial charge in [0.25, 0.3) is 0 Å². The third-order valence-electron chi connectivity index (χ3n) is 5.52. The Kier molecular flexibility index (Phi) is 8.01. The van der Waals surface area contributed by atoms with Crippen LogP contribution in [0.4, 0.5) is 0 Å². The van der Waals surface area contributed by atoms with Crippen LogP contribution in [-0.2, 0) is 4.74 Å². The van der Waals surface area contributed by atoms with Crippen LogP contribution in [0.2, 0.25) is 0 Å². The zero-order valence-corrected chi connectivity index (χ0v) is 17.1. The standard InChI is InChI=1S/C20H40N4O/c1-6-21-19(22-14-16-9-11-24(5)12-10-16)23-15-17-8-7-13-25-18(17)20(2,3)4/h16-18H,6-15H2,1-5H3,(H2,21,22,23). The molecule has 2 fully saturated rings. The van der Waals surface area contributed by atoms with E-state index >= 15 is 0 Å². The van der Waals surface area contributed by atoms with Crippen molar-refractivity contribution >= 4 is 5.96 Å². The lowest BCUT2D eigenvalue weighted by atomic mass is 9.78. The monoisotopic (exact) mass is 352 g/mol. The number of piperidine rings is 1. The highest BCUT2D eigenvalue weighted by atomic mass is 16.5. The second-order valence-electron chi connectivity index (χ2n) is 8.91. The van der Waals surface area contributed by atoms with Gasteiger partial charge in [-0.15, -0.1) is 0 Å². The maximum Gasteiger partial charge on any atom is 0.191 e. The molecule has 0 saturated carbocycles. The molecule has 0 aromatic heterocycles. The fourth-order valence-electron chi connectivity index (χ4n) is 4.04. The maximum atomic E-state index is 6.11. The Morgan fingerprint density at radius 1 is 1.16 bits per heavy atom. The van der Waals surface area contributed by atoms with E-state index in [1.54, 1.807) is 0 Å². The van der Waals surface area contributed by atoms with Gasteiger partial charge in [-0.25, -0.2) is 0 Å². The first-order chi connectivity index (χ1) is 11.9. The number of nitrogens with zero attached hydrogens (tertiary/aromatic N) is 2. The molecule has 2 atom stereocenters. The van der Waals surface area contributed by atoms with Crippen molar-refractivity contribution in [1.82, 2.24) is 15.5 Å². The van der Waals surface area contributed by atoms with Crippen LogP contribution in [-0.4, -0.2) is 63.3 Å². The third kappa shape index (κ3) is 6.78. The molecule has 2 aliphatic heterocycles. The lowest BCUT2D eigenvalue weighted by Gasteiger charge is -2.40. The summed E-state index contributed by atoms with van der Waals surface area (Å²) in [6, 6.07) is 0. The van der Waals surface area contributed by atoms with Crippen molar-refractivity contribution in [3.05, 3.63) is 0 Å². The third-order valence-corrected chi connectivity index (χ3v) is 5.52. The molecule has 2 N–H and O–H groups in total. The van der Waals surface area contributed by atoms with Gasteiger partial charge in [-0.2, -0.15) is 0 Å². The number of aliphatic imine (C=N–C) groups is 1. The highest BCUT2D eigenvalue weighted by Crippen LogP contribution is 2.33. The normalized spacial score (nSPS) is 27.3. The first-order valence-corrected chi connectivity index (χ1v) is 10.2. The Hall–Kier alpha value is -0.810. The van der Waals surface area contributed by atoms with Crippen molar-refractivity contribution in [2.24, 2.45) is 22.2 Å². The second-order valence-corrected chi connectivity index (χ2v) is 8.91. The SMILES string of the molecule is CCNC(=NCC1CCN(C)CC1)NCC1CCCOC1C(C)(C)C. The minimum atomic E-state index is 0.191. The second kappa shape index (κ2) is 9.77. The smallest absolute Gasteiger partial charge is 0.191 e. The van der Waals surface area contributed by atoms with Crippen LogP contribution in [0.25, 0.3) is 0 Å². The summed E-state index contributed by atoms with van der Waals surface area (Å²) in [7, 11) is 2.21. The van der Waals surface area contributed by atoms with Crippen LogP contribution in [0.3, 0.4) is 0 Å². The molecule has 0 aliphatic carbocycles. The largest absolute Gasteiger partial charge is 0.377 e. The number of hydrogen-bond acceptors (Lipinski definition) is 3. The molecule has 2 unspecified atom stereocenters. The Labute approximate surface area is 155 Å². The Morgan fingerprint density at radius 3 is 2.52 bits per heavy atom. The molecule has 0 radical (unpaired) electrons. The van der Waals surface area contributed by atoms with Gasteiger partial charge in [0.05, 0.1) is 6.10 Å². The van der Waals surface area contributed by atoms with Gasteiger partial charge in [0, 0.05) is 32.2 Å². The molecule has 2 aliphatic rings. The van der Waals surface area contributed by atoms with Crippen molar-refractivity contribution in [2.45, 2.75) is 59.5 Å². The Balaban J connectivity index is 1.86. The van der Waals surface area contributed by atoms with Crippen molar-refractivity contribution in [2.75, 3.05) is 46.4 Å². The van der Waals surface area contributed by atoms with Crippen molar-refractivity contribution in [3.8, 4) is 0 Å². The van der Waals surface area contributed by atoms with Crippen LogP contribution in [0.5, 0.6) is 0 Å². The summed E-state index contributed by atoms with van der Waals surface area (Å²) in [4.78, 5) is 7.28. The van der Waals surface area contributed by atoms with E-state index in [9.17, 15) is 0 Å². The van der Waals surface area contributed by atoms with Crippen LogP contribution in [0, 0.1) is 17.3 Å². The van der Waals surface area contributed by atoms with E-state index in [2.05, 4.69) is 50.3 Å². The lowest BCUT2D eigenvalue weighted by Crippen LogP contribution is -2.47. The fourth-order valence-corrected chi connectivity index (χ4v) is 4.04. The average Bonchev–Trinajstić information content (AvgIpc) is 2.58. The van der Waals surface area contributed by atoms with E-state index in [1.807, 2.05) is 0 Å². The van der Waals surface area contributed by atoms with E-state index < -0.39 is 0 Å². The number of hydrogen-bond donors (Lipinski definition) is 2. The van der Waals surface area contributed by atoms with Gasteiger partial charge in [-0.05, 0) is 64.1 Å². The number of nitrogens with one attached hydrogen (secondary N) is 2. The zero-order chi connectivity index (χ0) is 18.3. The van der Waals surface area contributed by atoms with Crippen molar-refractivity contribution < 1.29 is 4.74 Å². The topological polar surface area (TPSA) is 48.9 Å². The van der Waals surface area contributed by atoms with Gasteiger partial charge in [-0.1, -0.05) is 20.8 Å². The minimum absolute atomic E-state index is 0.191. The highest BCUT2D eigenvalue weighted by Gasteiger charge is 2.35. The molecular weight excluding hydrogens is 312 g/mol. The predicted octanol–water partition coefficient (Wildman–Crippen LogP) is 2.72. The molecule has 0 spiro atoms. The van der Waals surface area contributed by atoms with Gasteiger partial charge in [0.15, 0.2) is 5.96 Å². The molecule has 0 aromatic rings. The molecule has 5 heteroatoms. The summed E-state index contributed by atoms with van der Waals surface area (Å²) >= 11 is 0. The highest BCUT2D eigenvalue weighted by molar-refractivity contribution is 5.79. The van der Waals surface area contributed by atoms with Crippen molar-refractivity contribution in [1.29, 1.82) is 0 Å². The van der Waals surface area contributed by atoms with E-state index in [-0.39, 0.29) is 5.41 Å². The van der Waals surface area contributed by atoms with E-state index in [4.69, 9.17) is 9.73 Å². The van der Waals surface area contributed by atoms with Gasteiger partial charge in [-0.3, -0.25) is 4.99 Å². The van der Waals surface area contributed by atoms with Gasteiger partial charge in [0.1, 0.15) is 0 Å². The lowest BCUT2D eigenvalue weighted by molar-refractivity contribution is -0.0835. The average molecular weight is 353 g/mol. The van der Waals surface area contributed by atoms with E-state index in [0.29, 0.717) is 12.0 Å². The maximum absolute atomic E-state index is 6.11. The Bertz CT molecular complexity index is 410. The van der Waals surface area contributed by atoms with Crippen molar-refractivity contribution in [3.63, 3.8) is 0 Å². The summed E-state index contributed by atoms with van der Waals surface area (Å²) < 4.78 is 6.11. The van der Waals surface area contributed by atoms with Crippen LogP contribution in [0.15, 0.2) is 4.99 Å². The zero-order valence-electron chi connectivity index (χ0n) is 17.1. The first kappa shape index (κ1) is 20.5. The molecule has 2 heterocycles. The summed E-state index contributed by atoms with van der Waals surface area (Å²) in [5.74, 6) is 2.26. The Morgan fingerprint density at radius 2 is 1.88 bits per heavy atom. The molecule has 25 heavy (non-hydrogen) atoms. The van der Waals surface area contributed by atoms with E-state index in [0.717, 1.165) is 38.1 Å². The summed E-state index contributed by atoms with van der Waals surface area (Å²) in [6.07, 6.45) is 5.26. The molecule has 0 bridgehead atoms. The molecule has 2 saturated heterocycles. The van der Waals surface area contributed by atoms with Crippen LogP contribution >= 0.6 is 0 Å². The van der Waals surface area contributed by atoms with Gasteiger partial charge >= 0.3 is 0 Å². The molecule has 0 amide bonds. The quantitative estimate of drug-likeness (QED) is 0.590. The molecule has 0 aromatic carbocycles. The molecule has 146 valence electrons. The number of rotatable bonds is 5. The first-order valence-electron chi connectivity index (χ1n) is 10.2. The van der Waals surface area contributed by atoms with Gasteiger partial charge in [0.2, 0.25) is 0 Å². The minimum Gasteiger partial charge on any atom is -0.377 e. The molecule has 2 rings (SSSR count). The van der Waals surface area contributed by atoms with E-state index in [1.165, 1.54) is 38.8 Å². The number of likely N-dealkylation sites (tertiary alicyclic amines) is 1. The summed E-state index contributed by atoms with van der Waals surface area (Å²) in [6.45, 7) is 15.1. The predicted molar refractivity (Wildman–Crippen MR) is 106 cm³/mol. The number of ether oxygens (including phenoxy) is 1. The van der Waals surface area contributed by atoms with Crippen LogP contribution in [0.1, 0.15) is 53.4 Å².